The summed E-state index contributed by atoms with van der Waals surface area (Å²) in [6.07, 6.45) is 0. The lowest BCUT2D eigenvalue weighted by molar-refractivity contribution is 0.270. The van der Waals surface area contributed by atoms with Crippen LogP contribution in [-0.4, -0.2) is 41.6 Å². The first kappa shape index (κ1) is 13.7. The average molecular weight is 268 g/mol. The van der Waals surface area contributed by atoms with Crippen LogP contribution in [0.3, 0.4) is 0 Å². The van der Waals surface area contributed by atoms with E-state index in [-0.39, 0.29) is 5.82 Å². The Labute approximate surface area is 113 Å². The summed E-state index contributed by atoms with van der Waals surface area (Å²) in [6, 6.07) is 6.84. The van der Waals surface area contributed by atoms with Crippen molar-refractivity contribution >= 4 is 17.4 Å². The molecule has 0 radical (unpaired) electrons. The van der Waals surface area contributed by atoms with Gasteiger partial charge in [-0.3, -0.25) is 4.90 Å². The van der Waals surface area contributed by atoms with Crippen molar-refractivity contribution in [3.63, 3.8) is 0 Å². The number of anilines is 1. The maximum atomic E-state index is 13.4. The number of hydrogen-bond acceptors (Lipinski definition) is 3. The first-order valence-electron chi connectivity index (χ1n) is 6.41. The van der Waals surface area contributed by atoms with Crippen molar-refractivity contribution in [3.05, 3.63) is 30.1 Å². The van der Waals surface area contributed by atoms with Gasteiger partial charge in [-0.25, -0.2) is 4.39 Å². The minimum Gasteiger partial charge on any atom is -0.381 e. The molecule has 0 amide bonds. The van der Waals surface area contributed by atoms with Crippen LogP contribution in [0.5, 0.6) is 0 Å². The number of benzene rings is 1. The fraction of sp³-hybridized carbons (Fsp3) is 0.571. The first-order valence-corrected chi connectivity index (χ1v) is 7.40. The molecule has 0 saturated carbocycles. The van der Waals surface area contributed by atoms with Gasteiger partial charge in [0.2, 0.25) is 0 Å². The summed E-state index contributed by atoms with van der Waals surface area (Å²) < 4.78 is 13.7. The summed E-state index contributed by atoms with van der Waals surface area (Å²) in [7, 11) is 0. The minimum absolute atomic E-state index is 0.174. The molecule has 1 N–H and O–H groups in total. The third kappa shape index (κ3) is 3.89. The van der Waals surface area contributed by atoms with Crippen LogP contribution in [0.15, 0.2) is 24.3 Å². The largest absolute Gasteiger partial charge is 0.381 e. The van der Waals surface area contributed by atoms with E-state index >= 15 is 0 Å². The van der Waals surface area contributed by atoms with Crippen LogP contribution in [-0.2, 0) is 0 Å². The summed E-state index contributed by atoms with van der Waals surface area (Å²) in [5.41, 5.74) is 0.600. The van der Waals surface area contributed by atoms with E-state index in [4.69, 9.17) is 0 Å². The maximum absolute atomic E-state index is 13.4. The van der Waals surface area contributed by atoms with Crippen LogP contribution in [0, 0.1) is 5.82 Å². The molecule has 0 unspecified atom stereocenters. The molecular weight excluding hydrogens is 247 g/mol. The monoisotopic (exact) mass is 268 g/mol. The molecule has 100 valence electrons. The second kappa shape index (κ2) is 5.93. The zero-order chi connectivity index (χ0) is 13.0. The lowest BCUT2D eigenvalue weighted by Gasteiger charge is -2.37. The van der Waals surface area contributed by atoms with Gasteiger partial charge >= 0.3 is 0 Å². The van der Waals surface area contributed by atoms with Crippen molar-refractivity contribution in [1.29, 1.82) is 0 Å². The van der Waals surface area contributed by atoms with E-state index in [0.29, 0.717) is 10.4 Å². The molecule has 18 heavy (non-hydrogen) atoms. The first-order chi connectivity index (χ1) is 8.57. The van der Waals surface area contributed by atoms with Gasteiger partial charge in [-0.05, 0) is 26.0 Å². The molecule has 1 heterocycles. The number of nitrogens with one attached hydrogen (secondary N) is 1. The molecule has 0 atom stereocenters. The number of rotatable bonds is 4. The zero-order valence-electron chi connectivity index (χ0n) is 11.1. The Bertz CT molecular complexity index is 395. The van der Waals surface area contributed by atoms with Crippen molar-refractivity contribution in [2.75, 3.05) is 37.2 Å². The quantitative estimate of drug-likeness (QED) is 0.903. The summed E-state index contributed by atoms with van der Waals surface area (Å²) >= 11 is 2.03. The molecule has 2 rings (SSSR count). The molecule has 1 saturated heterocycles. The summed E-state index contributed by atoms with van der Waals surface area (Å²) in [5, 5.41) is 3.16. The predicted octanol–water partition coefficient (Wildman–Crippen LogP) is 3.07. The van der Waals surface area contributed by atoms with Crippen LogP contribution in [0.4, 0.5) is 10.1 Å². The highest BCUT2D eigenvalue weighted by Crippen LogP contribution is 2.29. The second-order valence-electron chi connectivity index (χ2n) is 5.29. The SMILES string of the molecule is CC1(C)CN(CCNc2ccccc2F)CCS1. The van der Waals surface area contributed by atoms with Crippen molar-refractivity contribution in [3.8, 4) is 0 Å². The minimum atomic E-state index is -0.174. The molecular formula is C14H21FN2S. The van der Waals surface area contributed by atoms with E-state index in [1.165, 1.54) is 11.8 Å². The highest BCUT2D eigenvalue weighted by molar-refractivity contribution is 8.00. The van der Waals surface area contributed by atoms with Crippen LogP contribution < -0.4 is 5.32 Å². The number of nitrogens with zero attached hydrogens (tertiary/aromatic N) is 1. The van der Waals surface area contributed by atoms with Gasteiger partial charge in [0.15, 0.2) is 0 Å². The van der Waals surface area contributed by atoms with Crippen molar-refractivity contribution in [2.24, 2.45) is 0 Å². The molecule has 2 nitrogen and oxygen atoms in total. The molecule has 0 spiro atoms. The third-order valence-corrected chi connectivity index (χ3v) is 4.42. The smallest absolute Gasteiger partial charge is 0.146 e. The molecule has 1 aromatic carbocycles. The highest BCUT2D eigenvalue weighted by atomic mass is 32.2. The van der Waals surface area contributed by atoms with E-state index in [1.54, 1.807) is 12.1 Å². The Morgan fingerprint density at radius 3 is 2.89 bits per heavy atom. The van der Waals surface area contributed by atoms with Crippen molar-refractivity contribution in [1.82, 2.24) is 4.90 Å². The Hall–Kier alpha value is -0.740. The van der Waals surface area contributed by atoms with E-state index < -0.39 is 0 Å². The topological polar surface area (TPSA) is 15.3 Å². The van der Waals surface area contributed by atoms with Gasteiger partial charge in [0.25, 0.3) is 0 Å². The Kier molecular flexibility index (Phi) is 4.51. The lowest BCUT2D eigenvalue weighted by Crippen LogP contribution is -2.44. The fourth-order valence-electron chi connectivity index (χ4n) is 2.26. The van der Waals surface area contributed by atoms with E-state index in [0.717, 1.165) is 26.2 Å². The summed E-state index contributed by atoms with van der Waals surface area (Å²) in [4.78, 5) is 2.45. The number of thioether (sulfide) groups is 1. The van der Waals surface area contributed by atoms with Gasteiger partial charge in [-0.2, -0.15) is 11.8 Å². The van der Waals surface area contributed by atoms with Crippen LogP contribution >= 0.6 is 11.8 Å². The van der Waals surface area contributed by atoms with Crippen molar-refractivity contribution < 1.29 is 4.39 Å². The maximum Gasteiger partial charge on any atom is 0.146 e. The highest BCUT2D eigenvalue weighted by Gasteiger charge is 2.26. The molecule has 4 heteroatoms. The van der Waals surface area contributed by atoms with Gasteiger partial charge in [-0.1, -0.05) is 12.1 Å². The predicted molar refractivity (Wildman–Crippen MR) is 77.9 cm³/mol. The molecule has 1 aliphatic rings. The molecule has 1 fully saturated rings. The molecule has 1 aliphatic heterocycles. The standard InChI is InChI=1S/C14H21FN2S/c1-14(2)11-17(9-10-18-14)8-7-16-13-6-4-3-5-12(13)15/h3-6,16H,7-11H2,1-2H3. The summed E-state index contributed by atoms with van der Waals surface area (Å²) in [6.45, 7) is 8.58. The van der Waals surface area contributed by atoms with Gasteiger partial charge in [0.05, 0.1) is 5.69 Å². The molecule has 0 aromatic heterocycles. The zero-order valence-corrected chi connectivity index (χ0v) is 11.9. The molecule has 0 bridgehead atoms. The van der Waals surface area contributed by atoms with Gasteiger partial charge < -0.3 is 5.32 Å². The van der Waals surface area contributed by atoms with E-state index in [9.17, 15) is 4.39 Å². The number of hydrogen-bond donors (Lipinski definition) is 1. The lowest BCUT2D eigenvalue weighted by atomic mass is 10.2. The molecule has 1 aromatic rings. The Morgan fingerprint density at radius 2 is 2.17 bits per heavy atom. The van der Waals surface area contributed by atoms with E-state index in [2.05, 4.69) is 24.1 Å². The van der Waals surface area contributed by atoms with E-state index in [1.807, 2.05) is 17.8 Å². The van der Waals surface area contributed by atoms with Crippen LogP contribution in [0.2, 0.25) is 0 Å². The summed E-state index contributed by atoms with van der Waals surface area (Å²) in [5.74, 6) is 1.01. The van der Waals surface area contributed by atoms with Crippen molar-refractivity contribution in [2.45, 2.75) is 18.6 Å². The average Bonchev–Trinajstić information content (AvgIpc) is 2.30. The third-order valence-electron chi connectivity index (χ3n) is 3.12. The number of para-hydroxylation sites is 1. The normalized spacial score (nSPS) is 19.7. The van der Waals surface area contributed by atoms with Gasteiger partial charge in [-0.15, -0.1) is 0 Å². The van der Waals surface area contributed by atoms with Gasteiger partial charge in [0.1, 0.15) is 5.82 Å². The Morgan fingerprint density at radius 1 is 1.39 bits per heavy atom. The van der Waals surface area contributed by atoms with Gasteiger partial charge in [0, 0.05) is 36.7 Å². The van der Waals surface area contributed by atoms with Crippen LogP contribution in [0.1, 0.15) is 13.8 Å². The number of halogens is 1. The van der Waals surface area contributed by atoms with Crippen LogP contribution in [0.25, 0.3) is 0 Å². The Balaban J connectivity index is 1.77. The molecule has 0 aliphatic carbocycles. The second-order valence-corrected chi connectivity index (χ2v) is 7.09. The fourth-order valence-corrected chi connectivity index (χ4v) is 3.43.